The van der Waals surface area contributed by atoms with Crippen LogP contribution in [0.2, 0.25) is 5.02 Å². The van der Waals surface area contributed by atoms with Gasteiger partial charge in [0.25, 0.3) is 11.8 Å². The maximum absolute atomic E-state index is 12.1. The molecule has 1 heterocycles. The molecule has 100 valence electrons. The molecule has 0 fully saturated rings. The molecule has 1 aliphatic rings. The Bertz CT molecular complexity index is 648. The summed E-state index contributed by atoms with van der Waals surface area (Å²) >= 11 is 5.81. The largest absolute Gasteiger partial charge is 0.276 e. The van der Waals surface area contributed by atoms with Crippen molar-refractivity contribution in [1.82, 2.24) is 10.4 Å². The lowest BCUT2D eigenvalue weighted by atomic mass is 10.1. The first-order valence-electron chi connectivity index (χ1n) is 6.12. The number of amides is 2. The second-order valence-electron chi connectivity index (χ2n) is 4.45. The van der Waals surface area contributed by atoms with Gasteiger partial charge >= 0.3 is 0 Å². The molecule has 1 aliphatic heterocycles. The Morgan fingerprint density at radius 1 is 0.900 bits per heavy atom. The minimum Gasteiger partial charge on any atom is -0.267 e. The van der Waals surface area contributed by atoms with Crippen LogP contribution in [0.15, 0.2) is 48.5 Å². The van der Waals surface area contributed by atoms with E-state index in [0.29, 0.717) is 22.7 Å². The highest BCUT2D eigenvalue weighted by molar-refractivity contribution is 6.30. The zero-order valence-corrected chi connectivity index (χ0v) is 11.2. The van der Waals surface area contributed by atoms with Crippen molar-refractivity contribution >= 4 is 23.4 Å². The van der Waals surface area contributed by atoms with Crippen LogP contribution in [0.4, 0.5) is 0 Å². The van der Waals surface area contributed by atoms with Crippen LogP contribution in [0.25, 0.3) is 0 Å². The van der Waals surface area contributed by atoms with E-state index in [1.165, 1.54) is 0 Å². The van der Waals surface area contributed by atoms with E-state index in [1.807, 2.05) is 12.1 Å². The summed E-state index contributed by atoms with van der Waals surface area (Å²) in [5, 5.41) is 1.70. The van der Waals surface area contributed by atoms with E-state index in [4.69, 9.17) is 11.6 Å². The van der Waals surface area contributed by atoms with Gasteiger partial charge in [0.1, 0.15) is 0 Å². The quantitative estimate of drug-likeness (QED) is 0.883. The first kappa shape index (κ1) is 12.8. The highest BCUT2D eigenvalue weighted by atomic mass is 35.5. The molecule has 2 amide bonds. The second kappa shape index (κ2) is 5.07. The molecule has 0 saturated carbocycles. The van der Waals surface area contributed by atoms with E-state index in [-0.39, 0.29) is 11.8 Å². The van der Waals surface area contributed by atoms with Crippen molar-refractivity contribution in [1.29, 1.82) is 0 Å². The van der Waals surface area contributed by atoms with Gasteiger partial charge in [0.2, 0.25) is 0 Å². The van der Waals surface area contributed by atoms with Crippen LogP contribution in [-0.4, -0.2) is 16.8 Å². The molecular weight excluding hydrogens is 276 g/mol. The Labute approximate surface area is 120 Å². The summed E-state index contributed by atoms with van der Waals surface area (Å²) in [6, 6.07) is 14.0. The third-order valence-electron chi connectivity index (χ3n) is 3.15. The van der Waals surface area contributed by atoms with Gasteiger partial charge in [-0.05, 0) is 29.8 Å². The maximum atomic E-state index is 12.1. The predicted molar refractivity (Wildman–Crippen MR) is 75.2 cm³/mol. The summed E-state index contributed by atoms with van der Waals surface area (Å²) in [5.74, 6) is -0.640. The Morgan fingerprint density at radius 3 is 2.00 bits per heavy atom. The number of nitrogens with zero attached hydrogens (tertiary/aromatic N) is 1. The lowest BCUT2D eigenvalue weighted by Crippen LogP contribution is -2.41. The average molecular weight is 287 g/mol. The topological polar surface area (TPSA) is 49.4 Å². The first-order valence-corrected chi connectivity index (χ1v) is 6.50. The van der Waals surface area contributed by atoms with Gasteiger partial charge in [-0.3, -0.25) is 9.59 Å². The number of hydrogen-bond donors (Lipinski definition) is 1. The molecule has 4 nitrogen and oxygen atoms in total. The zero-order chi connectivity index (χ0) is 14.1. The molecule has 0 aromatic heterocycles. The van der Waals surface area contributed by atoms with Crippen LogP contribution in [0.5, 0.6) is 0 Å². The fraction of sp³-hybridized carbons (Fsp3) is 0.0667. The summed E-state index contributed by atoms with van der Waals surface area (Å²) in [5.41, 5.74) is 4.65. The molecule has 0 saturated heterocycles. The number of carbonyl (C=O) groups is 2. The van der Waals surface area contributed by atoms with Gasteiger partial charge in [0, 0.05) is 11.6 Å². The summed E-state index contributed by atoms with van der Waals surface area (Å²) in [4.78, 5) is 24.2. The van der Waals surface area contributed by atoms with Gasteiger partial charge in [0.05, 0.1) is 11.1 Å². The number of imide groups is 1. The molecule has 3 rings (SSSR count). The SMILES string of the molecule is O=C1c2ccccc2C(=O)N1NCc1ccc(Cl)cc1. The number of fused-ring (bicyclic) bond motifs is 1. The molecule has 0 bridgehead atoms. The van der Waals surface area contributed by atoms with Crippen LogP contribution >= 0.6 is 11.6 Å². The van der Waals surface area contributed by atoms with Gasteiger partial charge in [-0.2, -0.15) is 0 Å². The van der Waals surface area contributed by atoms with Crippen molar-refractivity contribution in [3.63, 3.8) is 0 Å². The van der Waals surface area contributed by atoms with E-state index >= 15 is 0 Å². The van der Waals surface area contributed by atoms with Gasteiger partial charge in [-0.25, -0.2) is 10.4 Å². The molecular formula is C15H11ClN2O2. The number of halogens is 1. The van der Waals surface area contributed by atoms with E-state index in [9.17, 15) is 9.59 Å². The summed E-state index contributed by atoms with van der Waals surface area (Å²) in [7, 11) is 0. The number of benzene rings is 2. The Balaban J connectivity index is 1.75. The van der Waals surface area contributed by atoms with Crippen molar-refractivity contribution in [2.45, 2.75) is 6.54 Å². The van der Waals surface area contributed by atoms with E-state index in [2.05, 4.69) is 5.43 Å². The van der Waals surface area contributed by atoms with Crippen molar-refractivity contribution < 1.29 is 9.59 Å². The van der Waals surface area contributed by atoms with Crippen LogP contribution in [0.1, 0.15) is 26.3 Å². The average Bonchev–Trinajstić information content (AvgIpc) is 2.71. The molecule has 2 aromatic rings. The number of rotatable bonds is 3. The van der Waals surface area contributed by atoms with E-state index in [1.54, 1.807) is 36.4 Å². The molecule has 1 N–H and O–H groups in total. The Morgan fingerprint density at radius 2 is 1.45 bits per heavy atom. The minimum absolute atomic E-state index is 0.320. The first-order chi connectivity index (χ1) is 9.66. The molecule has 0 radical (unpaired) electrons. The summed E-state index contributed by atoms with van der Waals surface area (Å²) < 4.78 is 0. The molecule has 20 heavy (non-hydrogen) atoms. The van der Waals surface area contributed by atoms with Gasteiger partial charge < -0.3 is 0 Å². The maximum Gasteiger partial charge on any atom is 0.276 e. The molecule has 5 heteroatoms. The number of carbonyl (C=O) groups excluding carboxylic acids is 2. The zero-order valence-electron chi connectivity index (χ0n) is 10.5. The van der Waals surface area contributed by atoms with E-state index < -0.39 is 0 Å². The monoisotopic (exact) mass is 286 g/mol. The summed E-state index contributed by atoms with van der Waals surface area (Å²) in [6.07, 6.45) is 0. The van der Waals surface area contributed by atoms with Crippen molar-refractivity contribution in [3.8, 4) is 0 Å². The second-order valence-corrected chi connectivity index (χ2v) is 4.89. The number of hydrogen-bond acceptors (Lipinski definition) is 3. The normalized spacial score (nSPS) is 13.8. The third kappa shape index (κ3) is 2.19. The predicted octanol–water partition coefficient (Wildman–Crippen LogP) is 2.64. The highest BCUT2D eigenvalue weighted by Crippen LogP contribution is 2.21. The fourth-order valence-electron chi connectivity index (χ4n) is 2.11. The summed E-state index contributed by atoms with van der Waals surface area (Å²) in [6.45, 7) is 0.378. The highest BCUT2D eigenvalue weighted by Gasteiger charge is 2.35. The van der Waals surface area contributed by atoms with Crippen LogP contribution < -0.4 is 5.43 Å². The standard InChI is InChI=1S/C15H11ClN2O2/c16-11-7-5-10(6-8-11)9-17-18-14(19)12-3-1-2-4-13(12)15(18)20/h1-8,17H,9H2. The third-order valence-corrected chi connectivity index (χ3v) is 3.40. The van der Waals surface area contributed by atoms with Gasteiger partial charge in [-0.1, -0.05) is 35.9 Å². The Hall–Kier alpha value is -2.17. The smallest absolute Gasteiger partial charge is 0.267 e. The molecule has 2 aromatic carbocycles. The molecule has 0 atom stereocenters. The number of nitrogens with one attached hydrogen (secondary N) is 1. The van der Waals surface area contributed by atoms with Crippen molar-refractivity contribution in [2.75, 3.05) is 0 Å². The fourth-order valence-corrected chi connectivity index (χ4v) is 2.23. The minimum atomic E-state index is -0.320. The van der Waals surface area contributed by atoms with Crippen molar-refractivity contribution in [2.24, 2.45) is 0 Å². The molecule has 0 unspecified atom stereocenters. The van der Waals surface area contributed by atoms with Crippen LogP contribution in [0, 0.1) is 0 Å². The van der Waals surface area contributed by atoms with E-state index in [0.717, 1.165) is 10.6 Å². The lowest BCUT2D eigenvalue weighted by molar-refractivity contribution is 0.0562. The molecule has 0 spiro atoms. The Kier molecular flexibility index (Phi) is 3.26. The van der Waals surface area contributed by atoms with Crippen LogP contribution in [-0.2, 0) is 6.54 Å². The van der Waals surface area contributed by atoms with Crippen molar-refractivity contribution in [3.05, 3.63) is 70.2 Å². The lowest BCUT2D eigenvalue weighted by Gasteiger charge is -2.15. The number of hydrazine groups is 1. The van der Waals surface area contributed by atoms with Crippen LogP contribution in [0.3, 0.4) is 0 Å². The molecule has 0 aliphatic carbocycles. The van der Waals surface area contributed by atoms with Gasteiger partial charge in [0.15, 0.2) is 0 Å². The van der Waals surface area contributed by atoms with Gasteiger partial charge in [-0.15, -0.1) is 0 Å².